The molecule has 2 aromatic carbocycles. The first-order chi connectivity index (χ1) is 13.8. The Morgan fingerprint density at radius 3 is 2.66 bits per heavy atom. The van der Waals surface area contributed by atoms with E-state index in [0.29, 0.717) is 18.0 Å². The van der Waals surface area contributed by atoms with Crippen LogP contribution in [0.3, 0.4) is 0 Å². The number of amides is 1. The molecule has 9 heteroatoms. The minimum absolute atomic E-state index is 0.276. The highest BCUT2D eigenvalue weighted by Crippen LogP contribution is 2.23. The predicted octanol–water partition coefficient (Wildman–Crippen LogP) is 3.55. The van der Waals surface area contributed by atoms with Crippen molar-refractivity contribution < 1.29 is 17.9 Å². The average Bonchev–Trinajstić information content (AvgIpc) is 2.68. The third-order valence-electron chi connectivity index (χ3n) is 3.97. The van der Waals surface area contributed by atoms with Gasteiger partial charge >= 0.3 is 0 Å². The number of hydrogen-bond acceptors (Lipinski definition) is 5. The Balaban J connectivity index is 1.78. The molecular formula is C20H25ClN2O4S2. The van der Waals surface area contributed by atoms with Crippen molar-refractivity contribution in [3.8, 4) is 5.75 Å². The first-order valence-electron chi connectivity index (χ1n) is 9.00. The summed E-state index contributed by atoms with van der Waals surface area (Å²) in [5, 5.41) is 3.50. The van der Waals surface area contributed by atoms with E-state index in [4.69, 9.17) is 16.3 Å². The molecule has 0 unspecified atom stereocenters. The van der Waals surface area contributed by atoms with E-state index in [1.54, 1.807) is 36.0 Å². The lowest BCUT2D eigenvalue weighted by molar-refractivity contribution is -0.119. The highest BCUT2D eigenvalue weighted by atomic mass is 35.5. The number of ether oxygens (including phenoxy) is 1. The standard InChI is InChI=1S/C20H25ClN2O4S2/c1-27-19-9-4-8-18(13-19)23(29(2,25)26)14-20(24)22-10-5-11-28-15-16-6-3-7-17(21)12-16/h3-4,6-9,12-13H,5,10-11,14-15H2,1-2H3,(H,22,24). The molecule has 0 heterocycles. The molecule has 1 N–H and O–H groups in total. The van der Waals surface area contributed by atoms with Crippen molar-refractivity contribution in [3.05, 3.63) is 59.1 Å². The fourth-order valence-electron chi connectivity index (χ4n) is 2.57. The van der Waals surface area contributed by atoms with E-state index in [9.17, 15) is 13.2 Å². The molecule has 0 aliphatic heterocycles. The van der Waals surface area contributed by atoms with Gasteiger partial charge in [0.25, 0.3) is 0 Å². The Morgan fingerprint density at radius 2 is 1.97 bits per heavy atom. The van der Waals surface area contributed by atoms with Crippen LogP contribution in [0.1, 0.15) is 12.0 Å². The van der Waals surface area contributed by atoms with Gasteiger partial charge in [0, 0.05) is 23.4 Å². The van der Waals surface area contributed by atoms with Gasteiger partial charge in [0.1, 0.15) is 12.3 Å². The maximum absolute atomic E-state index is 12.2. The van der Waals surface area contributed by atoms with Gasteiger partial charge in [0.2, 0.25) is 15.9 Å². The Morgan fingerprint density at radius 1 is 1.21 bits per heavy atom. The number of sulfonamides is 1. The summed E-state index contributed by atoms with van der Waals surface area (Å²) < 4.78 is 30.5. The summed E-state index contributed by atoms with van der Waals surface area (Å²) in [6, 6.07) is 14.3. The number of rotatable bonds is 11. The number of carbonyl (C=O) groups is 1. The maximum atomic E-state index is 12.2. The van der Waals surface area contributed by atoms with Crippen LogP contribution < -0.4 is 14.4 Å². The van der Waals surface area contributed by atoms with Crippen LogP contribution in [0.2, 0.25) is 5.02 Å². The van der Waals surface area contributed by atoms with Crippen LogP contribution in [0.5, 0.6) is 5.75 Å². The SMILES string of the molecule is COc1cccc(N(CC(=O)NCCCSCc2cccc(Cl)c2)S(C)(=O)=O)c1. The van der Waals surface area contributed by atoms with Crippen molar-refractivity contribution in [2.45, 2.75) is 12.2 Å². The summed E-state index contributed by atoms with van der Waals surface area (Å²) >= 11 is 7.72. The fraction of sp³-hybridized carbons (Fsp3) is 0.350. The Hall–Kier alpha value is -1.90. The predicted molar refractivity (Wildman–Crippen MR) is 120 cm³/mol. The number of hydrogen-bond donors (Lipinski definition) is 1. The maximum Gasteiger partial charge on any atom is 0.240 e. The number of nitrogens with zero attached hydrogens (tertiary/aromatic N) is 1. The van der Waals surface area contributed by atoms with E-state index in [0.717, 1.165) is 39.1 Å². The number of benzene rings is 2. The summed E-state index contributed by atoms with van der Waals surface area (Å²) in [6.07, 6.45) is 1.86. The zero-order chi connectivity index (χ0) is 21.3. The molecule has 2 rings (SSSR count). The Bertz CT molecular complexity index is 922. The molecule has 0 bridgehead atoms. The normalized spacial score (nSPS) is 11.1. The molecule has 158 valence electrons. The number of halogens is 1. The zero-order valence-electron chi connectivity index (χ0n) is 16.4. The largest absolute Gasteiger partial charge is 0.497 e. The van der Waals surface area contributed by atoms with Gasteiger partial charge < -0.3 is 10.1 Å². The van der Waals surface area contributed by atoms with E-state index >= 15 is 0 Å². The van der Waals surface area contributed by atoms with E-state index in [-0.39, 0.29) is 12.5 Å². The van der Waals surface area contributed by atoms with Gasteiger partial charge in [0.15, 0.2) is 0 Å². The molecule has 0 saturated heterocycles. The second kappa shape index (κ2) is 11.3. The number of carbonyl (C=O) groups excluding carboxylic acids is 1. The van der Waals surface area contributed by atoms with Crippen LogP contribution in [0.15, 0.2) is 48.5 Å². The highest BCUT2D eigenvalue weighted by molar-refractivity contribution is 7.98. The van der Waals surface area contributed by atoms with Crippen molar-refractivity contribution in [1.29, 1.82) is 0 Å². The van der Waals surface area contributed by atoms with Gasteiger partial charge in [-0.15, -0.1) is 0 Å². The minimum atomic E-state index is -3.61. The Kier molecular flexibility index (Phi) is 9.13. The average molecular weight is 457 g/mol. The smallest absolute Gasteiger partial charge is 0.240 e. The molecule has 6 nitrogen and oxygen atoms in total. The topological polar surface area (TPSA) is 75.7 Å². The van der Waals surface area contributed by atoms with Gasteiger partial charge in [-0.2, -0.15) is 11.8 Å². The number of thioether (sulfide) groups is 1. The van der Waals surface area contributed by atoms with Crippen LogP contribution in [0, 0.1) is 0 Å². The van der Waals surface area contributed by atoms with Crippen LogP contribution in [0.4, 0.5) is 5.69 Å². The third-order valence-corrected chi connectivity index (χ3v) is 6.46. The molecule has 0 aliphatic rings. The Labute approximate surface area is 181 Å². The van der Waals surface area contributed by atoms with Crippen LogP contribution in [0.25, 0.3) is 0 Å². The summed E-state index contributed by atoms with van der Waals surface area (Å²) in [4.78, 5) is 12.2. The second-order valence-corrected chi connectivity index (χ2v) is 9.81. The molecule has 0 spiro atoms. The second-order valence-electron chi connectivity index (χ2n) is 6.36. The van der Waals surface area contributed by atoms with E-state index < -0.39 is 10.0 Å². The lowest BCUT2D eigenvalue weighted by atomic mass is 10.2. The minimum Gasteiger partial charge on any atom is -0.497 e. The molecule has 0 aliphatic carbocycles. The first kappa shape index (κ1) is 23.4. The molecule has 0 aromatic heterocycles. The quantitative estimate of drug-likeness (QED) is 0.523. The van der Waals surface area contributed by atoms with Crippen molar-refractivity contribution >= 4 is 45.0 Å². The van der Waals surface area contributed by atoms with Crippen molar-refractivity contribution in [3.63, 3.8) is 0 Å². The van der Waals surface area contributed by atoms with Gasteiger partial charge in [-0.05, 0) is 42.0 Å². The number of methoxy groups -OCH3 is 1. The molecule has 0 saturated carbocycles. The van der Waals surface area contributed by atoms with E-state index in [2.05, 4.69) is 5.32 Å². The number of nitrogens with one attached hydrogen (secondary N) is 1. The zero-order valence-corrected chi connectivity index (χ0v) is 18.8. The van der Waals surface area contributed by atoms with Crippen LogP contribution in [-0.2, 0) is 20.6 Å². The molecule has 29 heavy (non-hydrogen) atoms. The summed E-state index contributed by atoms with van der Waals surface area (Å²) in [5.41, 5.74) is 1.55. The van der Waals surface area contributed by atoms with Gasteiger partial charge in [-0.3, -0.25) is 9.10 Å². The molecular weight excluding hydrogens is 432 g/mol. The van der Waals surface area contributed by atoms with Crippen LogP contribution in [-0.4, -0.2) is 46.5 Å². The molecule has 0 atom stereocenters. The molecule has 2 aromatic rings. The third kappa shape index (κ3) is 8.16. The monoisotopic (exact) mass is 456 g/mol. The van der Waals surface area contributed by atoms with Gasteiger partial charge in [0.05, 0.1) is 19.1 Å². The van der Waals surface area contributed by atoms with Crippen LogP contribution >= 0.6 is 23.4 Å². The number of anilines is 1. The van der Waals surface area contributed by atoms with E-state index in [1.165, 1.54) is 7.11 Å². The van der Waals surface area contributed by atoms with Crippen molar-refractivity contribution in [2.24, 2.45) is 0 Å². The summed E-state index contributed by atoms with van der Waals surface area (Å²) in [5.74, 6) is 1.90. The van der Waals surface area contributed by atoms with E-state index in [1.807, 2.05) is 24.3 Å². The van der Waals surface area contributed by atoms with Crippen molar-refractivity contribution in [2.75, 3.05) is 36.5 Å². The summed E-state index contributed by atoms with van der Waals surface area (Å²) in [7, 11) is -2.11. The van der Waals surface area contributed by atoms with Gasteiger partial charge in [-0.1, -0.05) is 29.8 Å². The highest BCUT2D eigenvalue weighted by Gasteiger charge is 2.21. The molecule has 1 amide bonds. The lowest BCUT2D eigenvalue weighted by Gasteiger charge is -2.22. The fourth-order valence-corrected chi connectivity index (χ4v) is 4.54. The lowest BCUT2D eigenvalue weighted by Crippen LogP contribution is -2.40. The first-order valence-corrected chi connectivity index (χ1v) is 12.4. The molecule has 0 radical (unpaired) electrons. The van der Waals surface area contributed by atoms with Gasteiger partial charge in [-0.25, -0.2) is 8.42 Å². The molecule has 0 fully saturated rings. The summed E-state index contributed by atoms with van der Waals surface area (Å²) in [6.45, 7) is 0.207. The van der Waals surface area contributed by atoms with Crippen molar-refractivity contribution in [1.82, 2.24) is 5.32 Å².